The first-order chi connectivity index (χ1) is 15.3. The summed E-state index contributed by atoms with van der Waals surface area (Å²) in [5, 5.41) is 5.39. The topological polar surface area (TPSA) is 98.8 Å². The summed E-state index contributed by atoms with van der Waals surface area (Å²) >= 11 is 0. The molecule has 2 aromatic carbocycles. The Balaban J connectivity index is 1.33. The number of nitrogens with zero attached hydrogens (tertiary/aromatic N) is 2. The summed E-state index contributed by atoms with van der Waals surface area (Å²) in [6.07, 6.45) is 1.75. The van der Waals surface area contributed by atoms with Gasteiger partial charge in [-0.25, -0.2) is 0 Å². The van der Waals surface area contributed by atoms with E-state index in [2.05, 4.69) is 10.6 Å². The molecule has 0 saturated heterocycles. The Bertz CT molecular complexity index is 1060. The molecule has 4 amide bonds. The minimum atomic E-state index is -0.728. The number of benzene rings is 2. The van der Waals surface area contributed by atoms with E-state index in [1.165, 1.54) is 11.9 Å². The van der Waals surface area contributed by atoms with Crippen molar-refractivity contribution in [1.82, 2.24) is 15.1 Å². The van der Waals surface area contributed by atoms with E-state index in [1.807, 2.05) is 19.1 Å². The largest absolute Gasteiger partial charge is 0.345 e. The SMILES string of the molecule is Cc1ccc(NC(=O)CN(C)C(=O)CNC(=O)C2c3ccccc3C(=O)N2C2CC2)cc1. The molecule has 1 heterocycles. The van der Waals surface area contributed by atoms with Gasteiger partial charge in [-0.15, -0.1) is 0 Å². The summed E-state index contributed by atoms with van der Waals surface area (Å²) in [4.78, 5) is 53.3. The minimum Gasteiger partial charge on any atom is -0.345 e. The van der Waals surface area contributed by atoms with Gasteiger partial charge in [0.2, 0.25) is 17.7 Å². The van der Waals surface area contributed by atoms with Crippen LogP contribution in [0, 0.1) is 6.92 Å². The maximum Gasteiger partial charge on any atom is 0.255 e. The molecule has 0 aromatic heterocycles. The first-order valence-corrected chi connectivity index (χ1v) is 10.6. The first-order valence-electron chi connectivity index (χ1n) is 10.6. The van der Waals surface area contributed by atoms with Crippen molar-refractivity contribution in [3.8, 4) is 0 Å². The number of hydrogen-bond acceptors (Lipinski definition) is 4. The average molecular weight is 434 g/mol. The molecule has 8 heteroatoms. The zero-order valence-electron chi connectivity index (χ0n) is 18.1. The van der Waals surface area contributed by atoms with Crippen LogP contribution in [0.4, 0.5) is 5.69 Å². The lowest BCUT2D eigenvalue weighted by atomic mass is 10.0. The van der Waals surface area contributed by atoms with E-state index < -0.39 is 11.9 Å². The van der Waals surface area contributed by atoms with Crippen molar-refractivity contribution in [3.05, 3.63) is 65.2 Å². The van der Waals surface area contributed by atoms with Crippen LogP contribution in [0.2, 0.25) is 0 Å². The minimum absolute atomic E-state index is 0.0643. The number of aryl methyl sites for hydroxylation is 1. The molecule has 8 nitrogen and oxygen atoms in total. The Morgan fingerprint density at radius 1 is 1.06 bits per heavy atom. The second-order valence-corrected chi connectivity index (χ2v) is 8.32. The van der Waals surface area contributed by atoms with Crippen molar-refractivity contribution < 1.29 is 19.2 Å². The molecule has 1 aliphatic heterocycles. The molecule has 32 heavy (non-hydrogen) atoms. The van der Waals surface area contributed by atoms with Gasteiger partial charge in [0.25, 0.3) is 5.91 Å². The molecular formula is C24H26N4O4. The standard InChI is InChI=1S/C24H26N4O4/c1-15-7-9-16(10-8-15)26-20(29)14-27(2)21(30)13-25-23(31)22-18-5-3-4-6-19(18)24(32)28(22)17-11-12-17/h3-10,17,22H,11-14H2,1-2H3,(H,25,31)(H,26,29). The van der Waals surface area contributed by atoms with Crippen LogP contribution in [0.15, 0.2) is 48.5 Å². The van der Waals surface area contributed by atoms with Crippen molar-refractivity contribution in [3.63, 3.8) is 0 Å². The number of carbonyl (C=O) groups is 4. The third kappa shape index (κ3) is 4.49. The third-order valence-corrected chi connectivity index (χ3v) is 5.74. The molecule has 166 valence electrons. The van der Waals surface area contributed by atoms with Gasteiger partial charge < -0.3 is 20.4 Å². The van der Waals surface area contributed by atoms with E-state index in [4.69, 9.17) is 0 Å². The van der Waals surface area contributed by atoms with Crippen molar-refractivity contribution >= 4 is 29.3 Å². The molecular weight excluding hydrogens is 408 g/mol. The molecule has 0 spiro atoms. The van der Waals surface area contributed by atoms with Gasteiger partial charge in [-0.05, 0) is 43.5 Å². The van der Waals surface area contributed by atoms with Crippen LogP contribution >= 0.6 is 0 Å². The highest BCUT2D eigenvalue weighted by atomic mass is 16.2. The Morgan fingerprint density at radius 3 is 2.44 bits per heavy atom. The quantitative estimate of drug-likeness (QED) is 0.695. The molecule has 1 fully saturated rings. The smallest absolute Gasteiger partial charge is 0.255 e. The molecule has 1 unspecified atom stereocenters. The third-order valence-electron chi connectivity index (χ3n) is 5.74. The van der Waals surface area contributed by atoms with Crippen LogP contribution in [-0.4, -0.2) is 59.6 Å². The molecule has 1 atom stereocenters. The van der Waals surface area contributed by atoms with Crippen LogP contribution < -0.4 is 10.6 Å². The van der Waals surface area contributed by atoms with Crippen LogP contribution in [0.3, 0.4) is 0 Å². The van der Waals surface area contributed by atoms with Gasteiger partial charge in [-0.1, -0.05) is 35.9 Å². The highest BCUT2D eigenvalue weighted by Gasteiger charge is 2.47. The lowest BCUT2D eigenvalue weighted by molar-refractivity contribution is -0.135. The predicted molar refractivity (Wildman–Crippen MR) is 119 cm³/mol. The second kappa shape index (κ2) is 8.82. The van der Waals surface area contributed by atoms with Crippen molar-refractivity contribution in [2.45, 2.75) is 31.8 Å². The van der Waals surface area contributed by atoms with Gasteiger partial charge in [-0.3, -0.25) is 19.2 Å². The summed E-state index contributed by atoms with van der Waals surface area (Å²) in [6.45, 7) is 1.57. The van der Waals surface area contributed by atoms with Gasteiger partial charge in [0.15, 0.2) is 0 Å². The van der Waals surface area contributed by atoms with Crippen molar-refractivity contribution in [2.24, 2.45) is 0 Å². The maximum absolute atomic E-state index is 13.0. The summed E-state index contributed by atoms with van der Waals surface area (Å²) in [7, 11) is 1.51. The van der Waals surface area contributed by atoms with Gasteiger partial charge in [0.05, 0.1) is 13.1 Å². The Morgan fingerprint density at radius 2 is 1.75 bits per heavy atom. The van der Waals surface area contributed by atoms with Crippen LogP contribution in [-0.2, 0) is 14.4 Å². The number of anilines is 1. The van der Waals surface area contributed by atoms with Crippen molar-refractivity contribution in [1.29, 1.82) is 0 Å². The van der Waals surface area contributed by atoms with E-state index in [0.717, 1.165) is 18.4 Å². The van der Waals surface area contributed by atoms with Gasteiger partial charge in [0.1, 0.15) is 6.04 Å². The zero-order chi connectivity index (χ0) is 22.8. The molecule has 2 N–H and O–H groups in total. The Labute approximate surface area is 186 Å². The van der Waals surface area contributed by atoms with E-state index >= 15 is 0 Å². The van der Waals surface area contributed by atoms with E-state index in [-0.39, 0.29) is 36.9 Å². The maximum atomic E-state index is 13.0. The molecule has 1 aliphatic carbocycles. The van der Waals surface area contributed by atoms with E-state index in [9.17, 15) is 19.2 Å². The summed E-state index contributed by atoms with van der Waals surface area (Å²) in [5.41, 5.74) is 2.94. The van der Waals surface area contributed by atoms with Gasteiger partial charge >= 0.3 is 0 Å². The fraction of sp³-hybridized carbons (Fsp3) is 0.333. The summed E-state index contributed by atoms with van der Waals surface area (Å²) in [5.74, 6) is -1.25. The average Bonchev–Trinajstić information content (AvgIpc) is 3.57. The van der Waals surface area contributed by atoms with Gasteiger partial charge in [0, 0.05) is 24.3 Å². The Hall–Kier alpha value is -3.68. The highest BCUT2D eigenvalue weighted by molar-refractivity contribution is 6.05. The fourth-order valence-electron chi connectivity index (χ4n) is 3.87. The molecule has 4 rings (SSSR count). The Kier molecular flexibility index (Phi) is 5.94. The number of likely N-dealkylation sites (N-methyl/N-ethyl adjacent to an activating group) is 1. The molecule has 2 aromatic rings. The lowest BCUT2D eigenvalue weighted by Crippen LogP contribution is -2.45. The summed E-state index contributed by atoms with van der Waals surface area (Å²) < 4.78 is 0. The predicted octanol–water partition coefficient (Wildman–Crippen LogP) is 1.87. The lowest BCUT2D eigenvalue weighted by Gasteiger charge is -2.25. The fourth-order valence-corrected chi connectivity index (χ4v) is 3.87. The zero-order valence-corrected chi connectivity index (χ0v) is 18.1. The normalized spacial score (nSPS) is 17.0. The number of nitrogens with one attached hydrogen (secondary N) is 2. The van der Waals surface area contributed by atoms with E-state index in [1.54, 1.807) is 41.3 Å². The number of amides is 4. The second-order valence-electron chi connectivity index (χ2n) is 8.32. The number of rotatable bonds is 7. The summed E-state index contributed by atoms with van der Waals surface area (Å²) in [6, 6.07) is 13.8. The first kappa shape index (κ1) is 21.5. The van der Waals surface area contributed by atoms with E-state index in [0.29, 0.717) is 16.8 Å². The molecule has 1 saturated carbocycles. The number of fused-ring (bicyclic) bond motifs is 1. The molecule has 0 radical (unpaired) electrons. The number of hydrogen-bond donors (Lipinski definition) is 2. The molecule has 0 bridgehead atoms. The van der Waals surface area contributed by atoms with Crippen molar-refractivity contribution in [2.75, 3.05) is 25.5 Å². The number of carbonyl (C=O) groups excluding carboxylic acids is 4. The molecule has 2 aliphatic rings. The highest BCUT2D eigenvalue weighted by Crippen LogP contribution is 2.41. The van der Waals surface area contributed by atoms with Crippen LogP contribution in [0.5, 0.6) is 0 Å². The van der Waals surface area contributed by atoms with Crippen LogP contribution in [0.1, 0.15) is 40.4 Å². The van der Waals surface area contributed by atoms with Crippen LogP contribution in [0.25, 0.3) is 0 Å². The monoisotopic (exact) mass is 434 g/mol. The van der Waals surface area contributed by atoms with Gasteiger partial charge in [-0.2, -0.15) is 0 Å².